The maximum Gasteiger partial charge on any atom is 0.0948 e. The second-order valence-electron chi connectivity index (χ2n) is 5.25. The van der Waals surface area contributed by atoms with E-state index in [1.54, 1.807) is 0 Å². The first-order valence-electron chi connectivity index (χ1n) is 6.72. The highest BCUT2D eigenvalue weighted by molar-refractivity contribution is 4.99. The van der Waals surface area contributed by atoms with Gasteiger partial charge in [0, 0.05) is 38.5 Å². The number of nitrogens with zero attached hydrogens (tertiary/aromatic N) is 2. The van der Waals surface area contributed by atoms with Crippen LogP contribution in [0.3, 0.4) is 0 Å². The van der Waals surface area contributed by atoms with Crippen molar-refractivity contribution in [2.45, 2.75) is 44.8 Å². The summed E-state index contributed by atoms with van der Waals surface area (Å²) in [5.41, 5.74) is 1.32. The molecule has 3 rings (SSSR count). The van der Waals surface area contributed by atoms with Crippen molar-refractivity contribution < 1.29 is 4.74 Å². The van der Waals surface area contributed by atoms with E-state index in [0.29, 0.717) is 0 Å². The number of aromatic nitrogens is 2. The van der Waals surface area contributed by atoms with Crippen molar-refractivity contribution in [3.05, 3.63) is 18.2 Å². The van der Waals surface area contributed by atoms with Gasteiger partial charge in [-0.05, 0) is 31.6 Å². The molecule has 1 saturated carbocycles. The van der Waals surface area contributed by atoms with E-state index in [0.717, 1.165) is 38.3 Å². The third-order valence-corrected chi connectivity index (χ3v) is 3.75. The van der Waals surface area contributed by atoms with Crippen molar-refractivity contribution in [3.63, 3.8) is 0 Å². The highest BCUT2D eigenvalue weighted by atomic mass is 16.5. The number of hydrogen-bond donors (Lipinski definition) is 1. The van der Waals surface area contributed by atoms with Gasteiger partial charge in [-0.1, -0.05) is 0 Å². The highest BCUT2D eigenvalue weighted by Crippen LogP contribution is 2.20. The van der Waals surface area contributed by atoms with Crippen LogP contribution in [-0.2, 0) is 17.8 Å². The third kappa shape index (κ3) is 3.07. The van der Waals surface area contributed by atoms with E-state index in [1.165, 1.54) is 31.4 Å². The van der Waals surface area contributed by atoms with Crippen LogP contribution in [0.4, 0.5) is 0 Å². The third-order valence-electron chi connectivity index (χ3n) is 3.75. The predicted molar refractivity (Wildman–Crippen MR) is 65.6 cm³/mol. The van der Waals surface area contributed by atoms with E-state index in [-0.39, 0.29) is 0 Å². The standard InChI is InChI=1S/C13H21N3O/c1-2-12(1)15-8-13-7-14-10-16(13)5-3-11-4-6-17-9-11/h7,10-12,15H,1-6,8-9H2. The van der Waals surface area contributed by atoms with Crippen molar-refractivity contribution in [1.29, 1.82) is 0 Å². The van der Waals surface area contributed by atoms with Crippen LogP contribution in [0.15, 0.2) is 12.5 Å². The molecule has 1 unspecified atom stereocenters. The zero-order valence-corrected chi connectivity index (χ0v) is 10.3. The van der Waals surface area contributed by atoms with Gasteiger partial charge in [0.2, 0.25) is 0 Å². The molecule has 4 heteroatoms. The minimum Gasteiger partial charge on any atom is -0.381 e. The second-order valence-corrected chi connectivity index (χ2v) is 5.25. The molecular formula is C13H21N3O. The predicted octanol–water partition coefficient (Wildman–Crippen LogP) is 1.56. The van der Waals surface area contributed by atoms with Gasteiger partial charge >= 0.3 is 0 Å². The van der Waals surface area contributed by atoms with Crippen molar-refractivity contribution in [3.8, 4) is 0 Å². The van der Waals surface area contributed by atoms with E-state index < -0.39 is 0 Å². The first-order chi connectivity index (χ1) is 8.42. The summed E-state index contributed by atoms with van der Waals surface area (Å²) >= 11 is 0. The quantitative estimate of drug-likeness (QED) is 0.813. The summed E-state index contributed by atoms with van der Waals surface area (Å²) in [7, 11) is 0. The molecule has 0 amide bonds. The molecular weight excluding hydrogens is 214 g/mol. The molecule has 94 valence electrons. The molecule has 0 radical (unpaired) electrons. The average molecular weight is 235 g/mol. The van der Waals surface area contributed by atoms with Crippen molar-refractivity contribution in [2.75, 3.05) is 13.2 Å². The largest absolute Gasteiger partial charge is 0.381 e. The Balaban J connectivity index is 1.48. The van der Waals surface area contributed by atoms with E-state index in [1.807, 2.05) is 12.5 Å². The first-order valence-corrected chi connectivity index (χ1v) is 6.72. The van der Waals surface area contributed by atoms with Gasteiger partial charge in [0.15, 0.2) is 0 Å². The summed E-state index contributed by atoms with van der Waals surface area (Å²) in [6.45, 7) is 3.94. The molecule has 0 aromatic carbocycles. The molecule has 1 N–H and O–H groups in total. The van der Waals surface area contributed by atoms with E-state index >= 15 is 0 Å². The van der Waals surface area contributed by atoms with Crippen LogP contribution >= 0.6 is 0 Å². The number of imidazole rings is 1. The number of rotatable bonds is 6. The van der Waals surface area contributed by atoms with Gasteiger partial charge in [-0.15, -0.1) is 0 Å². The molecule has 2 fully saturated rings. The number of aryl methyl sites for hydroxylation is 1. The molecule has 2 aliphatic rings. The van der Waals surface area contributed by atoms with Crippen LogP contribution in [0.5, 0.6) is 0 Å². The average Bonchev–Trinajstić information content (AvgIpc) is 2.86. The number of ether oxygens (including phenoxy) is 1. The van der Waals surface area contributed by atoms with Gasteiger partial charge in [-0.25, -0.2) is 4.98 Å². The molecule has 1 aliphatic carbocycles. The Bertz CT molecular complexity index is 353. The molecule has 0 bridgehead atoms. The summed E-state index contributed by atoms with van der Waals surface area (Å²) in [5.74, 6) is 0.752. The zero-order chi connectivity index (χ0) is 11.5. The first kappa shape index (κ1) is 11.2. The zero-order valence-electron chi connectivity index (χ0n) is 10.3. The smallest absolute Gasteiger partial charge is 0.0948 e. The SMILES string of the molecule is c1ncn(CCC2CCOC2)c1CNC1CC1. The maximum absolute atomic E-state index is 5.41. The van der Waals surface area contributed by atoms with Gasteiger partial charge in [0.1, 0.15) is 0 Å². The van der Waals surface area contributed by atoms with Crippen molar-refractivity contribution >= 4 is 0 Å². The topological polar surface area (TPSA) is 39.1 Å². The Kier molecular flexibility index (Phi) is 3.43. The summed E-state index contributed by atoms with van der Waals surface area (Å²) in [4.78, 5) is 4.26. The summed E-state index contributed by atoms with van der Waals surface area (Å²) in [6, 6.07) is 0.765. The fraction of sp³-hybridized carbons (Fsp3) is 0.769. The molecule has 2 heterocycles. The molecule has 1 atom stereocenters. The van der Waals surface area contributed by atoms with E-state index in [4.69, 9.17) is 4.74 Å². The monoisotopic (exact) mass is 235 g/mol. The number of hydrogen-bond acceptors (Lipinski definition) is 3. The van der Waals surface area contributed by atoms with Crippen molar-refractivity contribution in [2.24, 2.45) is 5.92 Å². The minimum atomic E-state index is 0.752. The lowest BCUT2D eigenvalue weighted by atomic mass is 10.1. The van der Waals surface area contributed by atoms with Gasteiger partial charge in [-0.3, -0.25) is 0 Å². The molecule has 1 saturated heterocycles. The maximum atomic E-state index is 5.41. The Morgan fingerprint density at radius 2 is 2.35 bits per heavy atom. The Morgan fingerprint density at radius 1 is 1.41 bits per heavy atom. The Hall–Kier alpha value is -0.870. The molecule has 17 heavy (non-hydrogen) atoms. The normalized spacial score (nSPS) is 24.4. The molecule has 0 spiro atoms. The second kappa shape index (κ2) is 5.19. The lowest BCUT2D eigenvalue weighted by Gasteiger charge is -2.11. The Morgan fingerprint density at radius 3 is 3.12 bits per heavy atom. The molecule has 4 nitrogen and oxygen atoms in total. The summed E-state index contributed by atoms with van der Waals surface area (Å²) in [6.07, 6.45) is 9.07. The van der Waals surface area contributed by atoms with Crippen molar-refractivity contribution in [1.82, 2.24) is 14.9 Å². The summed E-state index contributed by atoms with van der Waals surface area (Å²) < 4.78 is 7.69. The van der Waals surface area contributed by atoms with Crippen LogP contribution in [0, 0.1) is 5.92 Å². The molecule has 1 aromatic rings. The van der Waals surface area contributed by atoms with E-state index in [9.17, 15) is 0 Å². The molecule has 1 aromatic heterocycles. The fourth-order valence-corrected chi connectivity index (χ4v) is 2.37. The van der Waals surface area contributed by atoms with Gasteiger partial charge in [0.25, 0.3) is 0 Å². The van der Waals surface area contributed by atoms with E-state index in [2.05, 4.69) is 14.9 Å². The Labute approximate surface area is 102 Å². The number of nitrogens with one attached hydrogen (secondary N) is 1. The fourth-order valence-electron chi connectivity index (χ4n) is 2.37. The van der Waals surface area contributed by atoms with Crippen LogP contribution in [0.25, 0.3) is 0 Å². The highest BCUT2D eigenvalue weighted by Gasteiger charge is 2.21. The summed E-state index contributed by atoms with van der Waals surface area (Å²) in [5, 5.41) is 3.54. The van der Waals surface area contributed by atoms with Gasteiger partial charge < -0.3 is 14.6 Å². The molecule has 1 aliphatic heterocycles. The van der Waals surface area contributed by atoms with Gasteiger partial charge in [0.05, 0.1) is 12.0 Å². The minimum absolute atomic E-state index is 0.752. The lowest BCUT2D eigenvalue weighted by Crippen LogP contribution is -2.18. The van der Waals surface area contributed by atoms with Crippen LogP contribution < -0.4 is 5.32 Å². The van der Waals surface area contributed by atoms with Crippen LogP contribution in [-0.4, -0.2) is 28.8 Å². The van der Waals surface area contributed by atoms with Gasteiger partial charge in [-0.2, -0.15) is 0 Å². The van der Waals surface area contributed by atoms with Crippen LogP contribution in [0.2, 0.25) is 0 Å². The van der Waals surface area contributed by atoms with Crippen LogP contribution in [0.1, 0.15) is 31.4 Å². The lowest BCUT2D eigenvalue weighted by molar-refractivity contribution is 0.183.